The molecule has 3 aromatic rings. The Morgan fingerprint density at radius 3 is 2.77 bits per heavy atom. The summed E-state index contributed by atoms with van der Waals surface area (Å²) in [5.41, 5.74) is 3.41. The number of ether oxygens (including phenoxy) is 1. The Kier molecular flexibility index (Phi) is 6.01. The van der Waals surface area contributed by atoms with Crippen LogP contribution in [0.2, 0.25) is 0 Å². The number of benzene rings is 2. The molecule has 0 saturated heterocycles. The average molecular weight is 452 g/mol. The van der Waals surface area contributed by atoms with Crippen molar-refractivity contribution >= 4 is 58.7 Å². The number of fused-ring (bicyclic) bond motifs is 1. The van der Waals surface area contributed by atoms with Crippen LogP contribution < -0.4 is 10.1 Å². The third-order valence-electron chi connectivity index (χ3n) is 4.89. The van der Waals surface area contributed by atoms with Crippen LogP contribution in [-0.4, -0.2) is 28.4 Å². The molecule has 0 saturated carbocycles. The molecule has 0 bridgehead atoms. The van der Waals surface area contributed by atoms with Crippen molar-refractivity contribution in [1.82, 2.24) is 4.57 Å². The second-order valence-corrected chi connectivity index (χ2v) is 8.60. The average Bonchev–Trinajstić information content (AvgIpc) is 3.30. The summed E-state index contributed by atoms with van der Waals surface area (Å²) in [6, 6.07) is 14.2. The van der Waals surface area contributed by atoms with Gasteiger partial charge in [-0.3, -0.25) is 14.4 Å². The number of rotatable bonds is 6. The molecule has 2 aromatic carbocycles. The van der Waals surface area contributed by atoms with Crippen LogP contribution in [0.5, 0.6) is 11.6 Å². The molecule has 4 rings (SSSR count). The number of hydrogen-bond donors (Lipinski definition) is 2. The Morgan fingerprint density at radius 2 is 2.03 bits per heavy atom. The highest BCUT2D eigenvalue weighted by molar-refractivity contribution is 7.73. The van der Waals surface area contributed by atoms with E-state index in [9.17, 15) is 9.90 Å². The SMILES string of the molecule is CCOc1ccc(NC(=O)C(C)n2c(O)c(/C=C3/C=Nc4ccccc43)sc2=S)cc1. The van der Waals surface area contributed by atoms with E-state index in [-0.39, 0.29) is 11.8 Å². The largest absolute Gasteiger partial charge is 0.494 e. The van der Waals surface area contributed by atoms with Crippen molar-refractivity contribution in [1.29, 1.82) is 0 Å². The lowest BCUT2D eigenvalue weighted by molar-refractivity contribution is -0.118. The Balaban J connectivity index is 1.56. The monoisotopic (exact) mass is 451 g/mol. The minimum Gasteiger partial charge on any atom is -0.494 e. The number of thiazole rings is 1. The molecule has 8 heteroatoms. The predicted molar refractivity (Wildman–Crippen MR) is 128 cm³/mol. The number of nitrogens with one attached hydrogen (secondary N) is 1. The first-order valence-electron chi connectivity index (χ1n) is 9.81. The molecule has 1 aromatic heterocycles. The number of nitrogens with zero attached hydrogens (tertiary/aromatic N) is 2. The molecule has 0 fully saturated rings. The lowest BCUT2D eigenvalue weighted by Crippen LogP contribution is -2.23. The van der Waals surface area contributed by atoms with Crippen LogP contribution in [0.25, 0.3) is 11.6 Å². The van der Waals surface area contributed by atoms with Crippen LogP contribution in [0, 0.1) is 3.95 Å². The molecule has 31 heavy (non-hydrogen) atoms. The summed E-state index contributed by atoms with van der Waals surface area (Å²) in [4.78, 5) is 17.8. The highest BCUT2D eigenvalue weighted by Crippen LogP contribution is 2.37. The summed E-state index contributed by atoms with van der Waals surface area (Å²) in [6.07, 6.45) is 3.61. The zero-order valence-electron chi connectivity index (χ0n) is 17.0. The number of amides is 1. The van der Waals surface area contributed by atoms with E-state index in [2.05, 4.69) is 10.3 Å². The highest BCUT2D eigenvalue weighted by atomic mass is 32.1. The van der Waals surface area contributed by atoms with Crippen molar-refractivity contribution in [2.45, 2.75) is 19.9 Å². The predicted octanol–water partition coefficient (Wildman–Crippen LogP) is 5.84. The Hall–Kier alpha value is -3.23. The van der Waals surface area contributed by atoms with Crippen molar-refractivity contribution in [3.8, 4) is 11.6 Å². The second-order valence-electron chi connectivity index (χ2n) is 6.92. The molecule has 1 aliphatic rings. The van der Waals surface area contributed by atoms with Crippen LogP contribution in [0.3, 0.4) is 0 Å². The van der Waals surface area contributed by atoms with E-state index in [1.807, 2.05) is 37.3 Å². The van der Waals surface area contributed by atoms with Crippen molar-refractivity contribution in [3.05, 3.63) is 62.9 Å². The zero-order valence-corrected chi connectivity index (χ0v) is 18.7. The summed E-state index contributed by atoms with van der Waals surface area (Å²) < 4.78 is 7.30. The van der Waals surface area contributed by atoms with Gasteiger partial charge in [0.05, 0.1) is 17.2 Å². The number of para-hydroxylation sites is 1. The molecule has 1 aliphatic heterocycles. The van der Waals surface area contributed by atoms with E-state index in [1.54, 1.807) is 37.4 Å². The smallest absolute Gasteiger partial charge is 0.247 e. The molecular weight excluding hydrogens is 430 g/mol. The first-order chi connectivity index (χ1) is 15.0. The molecule has 1 atom stereocenters. The maximum atomic E-state index is 12.8. The van der Waals surface area contributed by atoms with E-state index >= 15 is 0 Å². The van der Waals surface area contributed by atoms with Gasteiger partial charge < -0.3 is 15.2 Å². The fraction of sp³-hybridized carbons (Fsp3) is 0.174. The molecule has 1 unspecified atom stereocenters. The second kappa shape index (κ2) is 8.87. The molecule has 1 amide bonds. The summed E-state index contributed by atoms with van der Waals surface area (Å²) in [5, 5.41) is 13.7. The van der Waals surface area contributed by atoms with Gasteiger partial charge in [-0.05, 0) is 62.5 Å². The quantitative estimate of drug-likeness (QED) is 0.462. The van der Waals surface area contributed by atoms with Crippen LogP contribution >= 0.6 is 23.6 Å². The van der Waals surface area contributed by atoms with Gasteiger partial charge in [-0.2, -0.15) is 0 Å². The topological polar surface area (TPSA) is 75.8 Å². The number of hydrogen-bond acceptors (Lipinski definition) is 6. The van der Waals surface area contributed by atoms with E-state index in [0.717, 1.165) is 22.6 Å². The standard InChI is InChI=1S/C23H21N3O3S2/c1-3-29-17-10-8-16(9-11-17)25-21(27)14(2)26-22(28)20(31-23(26)30)12-15-13-24-19-7-5-4-6-18(15)19/h4-14,28H,3H2,1-2H3,(H,25,27)/b15-12-. The number of allylic oxidation sites excluding steroid dienone is 1. The minimum absolute atomic E-state index is 0.0328. The molecule has 2 N–H and O–H groups in total. The number of aliphatic imine (C=N–C) groups is 1. The molecule has 158 valence electrons. The highest BCUT2D eigenvalue weighted by Gasteiger charge is 2.22. The molecule has 0 aliphatic carbocycles. The number of aromatic nitrogens is 1. The fourth-order valence-electron chi connectivity index (χ4n) is 3.29. The number of anilines is 1. The van der Waals surface area contributed by atoms with E-state index in [4.69, 9.17) is 17.0 Å². The van der Waals surface area contributed by atoms with Gasteiger partial charge in [-0.15, -0.1) is 11.3 Å². The lowest BCUT2D eigenvalue weighted by atomic mass is 10.1. The maximum Gasteiger partial charge on any atom is 0.247 e. The first kappa shape index (κ1) is 21.0. The molecule has 2 heterocycles. The fourth-order valence-corrected chi connectivity index (χ4v) is 4.71. The minimum atomic E-state index is -0.688. The van der Waals surface area contributed by atoms with Gasteiger partial charge in [-0.1, -0.05) is 18.2 Å². The Labute approximate surface area is 189 Å². The summed E-state index contributed by atoms with van der Waals surface area (Å²) in [7, 11) is 0. The van der Waals surface area contributed by atoms with Crippen molar-refractivity contribution < 1.29 is 14.6 Å². The van der Waals surface area contributed by atoms with Crippen LogP contribution in [-0.2, 0) is 4.79 Å². The van der Waals surface area contributed by atoms with Gasteiger partial charge in [-0.25, -0.2) is 0 Å². The van der Waals surface area contributed by atoms with Gasteiger partial charge >= 0.3 is 0 Å². The van der Waals surface area contributed by atoms with Crippen molar-refractivity contribution in [2.24, 2.45) is 4.99 Å². The van der Waals surface area contributed by atoms with Gasteiger partial charge in [0.2, 0.25) is 11.8 Å². The maximum absolute atomic E-state index is 12.8. The molecular formula is C23H21N3O3S2. The Bertz CT molecular complexity index is 1240. The molecule has 0 spiro atoms. The van der Waals surface area contributed by atoms with E-state index in [1.165, 1.54) is 15.9 Å². The van der Waals surface area contributed by atoms with Gasteiger partial charge in [0, 0.05) is 23.0 Å². The number of aromatic hydroxyl groups is 1. The summed E-state index contributed by atoms with van der Waals surface area (Å²) in [6.45, 7) is 4.19. The number of carbonyl (C=O) groups excluding carboxylic acids is 1. The van der Waals surface area contributed by atoms with E-state index in [0.29, 0.717) is 21.1 Å². The molecule has 6 nitrogen and oxygen atoms in total. The van der Waals surface area contributed by atoms with Gasteiger partial charge in [0.15, 0.2) is 3.95 Å². The van der Waals surface area contributed by atoms with Gasteiger partial charge in [0.1, 0.15) is 11.8 Å². The van der Waals surface area contributed by atoms with Crippen molar-refractivity contribution in [2.75, 3.05) is 11.9 Å². The summed E-state index contributed by atoms with van der Waals surface area (Å²) in [5.74, 6) is 0.427. The van der Waals surface area contributed by atoms with Gasteiger partial charge in [0.25, 0.3) is 0 Å². The normalized spacial score (nSPS) is 14.5. The summed E-state index contributed by atoms with van der Waals surface area (Å²) >= 11 is 6.70. The molecule has 0 radical (unpaired) electrons. The van der Waals surface area contributed by atoms with Crippen molar-refractivity contribution in [3.63, 3.8) is 0 Å². The zero-order chi connectivity index (χ0) is 22.0. The van der Waals surface area contributed by atoms with Crippen LogP contribution in [0.1, 0.15) is 30.3 Å². The Morgan fingerprint density at radius 1 is 1.29 bits per heavy atom. The third kappa shape index (κ3) is 4.30. The third-order valence-corrected chi connectivity index (χ3v) is 6.22. The lowest BCUT2D eigenvalue weighted by Gasteiger charge is -2.15. The van der Waals surface area contributed by atoms with E-state index < -0.39 is 6.04 Å². The first-order valence-corrected chi connectivity index (χ1v) is 11.0. The van der Waals surface area contributed by atoms with Crippen LogP contribution in [0.4, 0.5) is 11.4 Å². The van der Waals surface area contributed by atoms with Crippen LogP contribution in [0.15, 0.2) is 53.5 Å². The number of carbonyl (C=O) groups is 1.